The van der Waals surface area contributed by atoms with Gasteiger partial charge < -0.3 is 15.3 Å². The van der Waals surface area contributed by atoms with Crippen LogP contribution in [0.1, 0.15) is 0 Å². The van der Waals surface area contributed by atoms with Crippen molar-refractivity contribution in [1.82, 2.24) is 0 Å². The highest BCUT2D eigenvalue weighted by Gasteiger charge is 1.87. The molecule has 56 valence electrons. The van der Waals surface area contributed by atoms with Gasteiger partial charge in [0.25, 0.3) is 0 Å². The van der Waals surface area contributed by atoms with Crippen LogP contribution < -0.4 is 4.74 Å². The molecule has 0 radical (unpaired) electrons. The van der Waals surface area contributed by atoms with Gasteiger partial charge in [-0.05, 0) is 24.3 Å². The number of hydrogen-bond donors (Lipinski definition) is 1. The highest BCUT2D eigenvalue weighted by atomic mass is 16.5. The maximum Gasteiger partial charge on any atom is 0.119 e. The van der Waals surface area contributed by atoms with E-state index in [0.717, 1.165) is 5.75 Å². The minimum absolute atomic E-state index is 0. The Kier molecular flexibility index (Phi) is 3.28. The van der Waals surface area contributed by atoms with Gasteiger partial charge in [0.2, 0.25) is 0 Å². The van der Waals surface area contributed by atoms with E-state index >= 15 is 0 Å². The molecule has 3 heteroatoms. The molecule has 0 bridgehead atoms. The van der Waals surface area contributed by atoms with E-state index < -0.39 is 0 Å². The van der Waals surface area contributed by atoms with Gasteiger partial charge in [0, 0.05) is 0 Å². The Balaban J connectivity index is 0.000000810. The summed E-state index contributed by atoms with van der Waals surface area (Å²) in [4.78, 5) is 0. The fraction of sp³-hybridized carbons (Fsp3) is 0.143. The smallest absolute Gasteiger partial charge is 0.119 e. The van der Waals surface area contributed by atoms with Crippen molar-refractivity contribution in [2.45, 2.75) is 0 Å². The molecule has 0 heterocycles. The quantitative estimate of drug-likeness (QED) is 0.623. The Hall–Kier alpha value is -1.22. The topological polar surface area (TPSA) is 61.0 Å². The molecule has 0 aliphatic carbocycles. The van der Waals surface area contributed by atoms with Crippen molar-refractivity contribution >= 4 is 0 Å². The normalized spacial score (nSPS) is 8.10. The molecule has 0 saturated heterocycles. The van der Waals surface area contributed by atoms with E-state index in [1.54, 1.807) is 31.4 Å². The van der Waals surface area contributed by atoms with Gasteiger partial charge >= 0.3 is 0 Å². The third-order valence-corrected chi connectivity index (χ3v) is 1.07. The average Bonchev–Trinajstić information content (AvgIpc) is 1.90. The predicted molar refractivity (Wildman–Crippen MR) is 38.3 cm³/mol. The lowest BCUT2D eigenvalue weighted by Crippen LogP contribution is -1.79. The number of phenols is 1. The van der Waals surface area contributed by atoms with Crippen molar-refractivity contribution in [3.8, 4) is 11.5 Å². The molecule has 0 spiro atoms. The number of phenolic OH excluding ortho intramolecular Hbond substituents is 1. The molecular weight excluding hydrogens is 132 g/mol. The summed E-state index contributed by atoms with van der Waals surface area (Å²) in [5.74, 6) is 1.02. The molecule has 0 fully saturated rings. The van der Waals surface area contributed by atoms with Crippen LogP contribution in [-0.2, 0) is 0 Å². The van der Waals surface area contributed by atoms with Crippen LogP contribution >= 0.6 is 0 Å². The predicted octanol–water partition coefficient (Wildman–Crippen LogP) is 0.576. The van der Waals surface area contributed by atoms with Gasteiger partial charge in [-0.25, -0.2) is 0 Å². The van der Waals surface area contributed by atoms with Crippen molar-refractivity contribution in [2.24, 2.45) is 0 Å². The lowest BCUT2D eigenvalue weighted by molar-refractivity contribution is 0.412. The summed E-state index contributed by atoms with van der Waals surface area (Å²) in [7, 11) is 1.59. The molecule has 1 aromatic carbocycles. The lowest BCUT2D eigenvalue weighted by Gasteiger charge is -1.96. The molecule has 0 aliphatic rings. The molecule has 0 unspecified atom stereocenters. The monoisotopic (exact) mass is 142 g/mol. The maximum atomic E-state index is 8.80. The zero-order chi connectivity index (χ0) is 6.69. The first-order valence-corrected chi connectivity index (χ1v) is 2.66. The molecule has 0 amide bonds. The van der Waals surface area contributed by atoms with Crippen molar-refractivity contribution in [1.29, 1.82) is 0 Å². The summed E-state index contributed by atoms with van der Waals surface area (Å²) < 4.78 is 4.86. The van der Waals surface area contributed by atoms with E-state index in [2.05, 4.69) is 0 Å². The number of ether oxygens (including phenoxy) is 1. The third kappa shape index (κ3) is 1.95. The van der Waals surface area contributed by atoms with E-state index in [1.807, 2.05) is 0 Å². The summed E-state index contributed by atoms with van der Waals surface area (Å²) in [6, 6.07) is 6.57. The van der Waals surface area contributed by atoms with E-state index in [-0.39, 0.29) is 11.2 Å². The van der Waals surface area contributed by atoms with Crippen LogP contribution in [0.2, 0.25) is 0 Å². The van der Waals surface area contributed by atoms with Crippen molar-refractivity contribution in [2.75, 3.05) is 7.11 Å². The molecule has 3 N–H and O–H groups in total. The highest BCUT2D eigenvalue weighted by Crippen LogP contribution is 2.14. The van der Waals surface area contributed by atoms with Gasteiger partial charge in [-0.15, -0.1) is 0 Å². The second-order valence-corrected chi connectivity index (χ2v) is 1.70. The van der Waals surface area contributed by atoms with E-state index in [1.165, 1.54) is 0 Å². The molecule has 0 saturated carbocycles. The first kappa shape index (κ1) is 8.78. The van der Waals surface area contributed by atoms with Crippen LogP contribution in [0.25, 0.3) is 0 Å². The minimum atomic E-state index is 0. The van der Waals surface area contributed by atoms with E-state index in [9.17, 15) is 0 Å². The maximum absolute atomic E-state index is 8.80. The number of hydrogen-bond acceptors (Lipinski definition) is 2. The second kappa shape index (κ2) is 3.74. The Morgan fingerprint density at radius 3 is 2.10 bits per heavy atom. The SMILES string of the molecule is COc1ccc(O)cc1.O. The average molecular weight is 142 g/mol. The fourth-order valence-electron chi connectivity index (χ4n) is 0.582. The fourth-order valence-corrected chi connectivity index (χ4v) is 0.582. The number of benzene rings is 1. The molecule has 0 aliphatic heterocycles. The number of methoxy groups -OCH3 is 1. The van der Waals surface area contributed by atoms with Gasteiger partial charge in [-0.1, -0.05) is 0 Å². The van der Waals surface area contributed by atoms with Gasteiger partial charge in [0.05, 0.1) is 7.11 Å². The minimum Gasteiger partial charge on any atom is -0.508 e. The summed E-state index contributed by atoms with van der Waals surface area (Å²) in [6.07, 6.45) is 0. The largest absolute Gasteiger partial charge is 0.508 e. The summed E-state index contributed by atoms with van der Waals surface area (Å²) in [6.45, 7) is 0. The van der Waals surface area contributed by atoms with Crippen molar-refractivity contribution < 1.29 is 15.3 Å². The molecular formula is C7H10O3. The molecule has 0 atom stereocenters. The van der Waals surface area contributed by atoms with Crippen LogP contribution in [-0.4, -0.2) is 17.7 Å². The molecule has 3 nitrogen and oxygen atoms in total. The van der Waals surface area contributed by atoms with Crippen LogP contribution in [0, 0.1) is 0 Å². The van der Waals surface area contributed by atoms with Crippen molar-refractivity contribution in [3.63, 3.8) is 0 Å². The zero-order valence-corrected chi connectivity index (χ0v) is 5.66. The highest BCUT2D eigenvalue weighted by molar-refractivity contribution is 5.29. The lowest BCUT2D eigenvalue weighted by atomic mass is 10.3. The van der Waals surface area contributed by atoms with Crippen LogP contribution in [0.15, 0.2) is 24.3 Å². The first-order chi connectivity index (χ1) is 4.33. The van der Waals surface area contributed by atoms with Crippen LogP contribution in [0.4, 0.5) is 0 Å². The van der Waals surface area contributed by atoms with E-state index in [0.29, 0.717) is 0 Å². The Bertz CT molecular complexity index is 181. The Morgan fingerprint density at radius 2 is 1.70 bits per heavy atom. The Morgan fingerprint density at radius 1 is 1.20 bits per heavy atom. The van der Waals surface area contributed by atoms with Crippen LogP contribution in [0.3, 0.4) is 0 Å². The molecule has 0 aromatic heterocycles. The zero-order valence-electron chi connectivity index (χ0n) is 5.66. The summed E-state index contributed by atoms with van der Waals surface area (Å²) in [5, 5.41) is 8.80. The van der Waals surface area contributed by atoms with E-state index in [4.69, 9.17) is 9.84 Å². The standard InChI is InChI=1S/C7H8O2.H2O/c1-9-7-4-2-6(8)3-5-7;/h2-5,8H,1H3;1H2. The van der Waals surface area contributed by atoms with Gasteiger partial charge in [0.15, 0.2) is 0 Å². The van der Waals surface area contributed by atoms with Gasteiger partial charge in [0.1, 0.15) is 11.5 Å². The van der Waals surface area contributed by atoms with Gasteiger partial charge in [-0.3, -0.25) is 0 Å². The number of aromatic hydroxyl groups is 1. The third-order valence-electron chi connectivity index (χ3n) is 1.07. The number of rotatable bonds is 1. The van der Waals surface area contributed by atoms with Crippen LogP contribution in [0.5, 0.6) is 11.5 Å². The summed E-state index contributed by atoms with van der Waals surface area (Å²) >= 11 is 0. The van der Waals surface area contributed by atoms with Crippen molar-refractivity contribution in [3.05, 3.63) is 24.3 Å². The van der Waals surface area contributed by atoms with Gasteiger partial charge in [-0.2, -0.15) is 0 Å². The molecule has 1 rings (SSSR count). The first-order valence-electron chi connectivity index (χ1n) is 2.66. The molecule has 10 heavy (non-hydrogen) atoms. The Labute approximate surface area is 59.2 Å². The second-order valence-electron chi connectivity index (χ2n) is 1.70. The summed E-state index contributed by atoms with van der Waals surface area (Å²) in [5.41, 5.74) is 0. The molecule has 1 aromatic rings.